The lowest BCUT2D eigenvalue weighted by molar-refractivity contribution is 0.102. The first-order valence-electron chi connectivity index (χ1n) is 5.84. The van der Waals surface area contributed by atoms with E-state index < -0.39 is 10.0 Å². The second-order valence-corrected chi connectivity index (χ2v) is 6.70. The summed E-state index contributed by atoms with van der Waals surface area (Å²) in [5, 5.41) is 7.72. The van der Waals surface area contributed by atoms with Crippen LogP contribution >= 0.6 is 15.9 Å². The average molecular weight is 370 g/mol. The van der Waals surface area contributed by atoms with E-state index in [9.17, 15) is 13.2 Å². The van der Waals surface area contributed by atoms with Crippen LogP contribution in [-0.4, -0.2) is 19.3 Å². The smallest absolute Gasteiger partial charge is 0.274 e. The van der Waals surface area contributed by atoms with E-state index in [1.807, 2.05) is 0 Å². The molecule has 6 nitrogen and oxygen atoms in total. The van der Waals surface area contributed by atoms with Crippen LogP contribution in [0.4, 0.5) is 5.69 Å². The van der Waals surface area contributed by atoms with E-state index >= 15 is 0 Å². The zero-order valence-electron chi connectivity index (χ0n) is 11.0. The van der Waals surface area contributed by atoms with E-state index in [0.717, 1.165) is 5.56 Å². The molecule has 0 aliphatic heterocycles. The van der Waals surface area contributed by atoms with Crippen LogP contribution < -0.4 is 10.5 Å². The largest absolute Gasteiger partial charge is 0.321 e. The number of carbonyl (C=O) groups is 1. The molecule has 0 spiro atoms. The molecular weight excluding hydrogens is 358 g/mol. The Morgan fingerprint density at radius 3 is 2.62 bits per heavy atom. The van der Waals surface area contributed by atoms with Gasteiger partial charge in [0.1, 0.15) is 5.69 Å². The Kier molecular flexibility index (Phi) is 4.40. The van der Waals surface area contributed by atoms with Crippen LogP contribution in [0, 0.1) is 6.92 Å². The highest BCUT2D eigenvalue weighted by atomic mass is 79.9. The van der Waals surface area contributed by atoms with Crippen LogP contribution in [0.2, 0.25) is 0 Å². The van der Waals surface area contributed by atoms with Gasteiger partial charge in [-0.3, -0.25) is 9.78 Å². The summed E-state index contributed by atoms with van der Waals surface area (Å²) in [6.07, 6.45) is 1.53. The summed E-state index contributed by atoms with van der Waals surface area (Å²) in [6, 6.07) is 7.77. The van der Waals surface area contributed by atoms with Gasteiger partial charge in [0.05, 0.1) is 4.90 Å². The summed E-state index contributed by atoms with van der Waals surface area (Å²) in [5.41, 5.74) is 1.49. The highest BCUT2D eigenvalue weighted by Gasteiger charge is 2.15. The molecule has 0 aliphatic carbocycles. The number of nitrogens with two attached hydrogens (primary N) is 1. The van der Waals surface area contributed by atoms with Crippen LogP contribution in [0.3, 0.4) is 0 Å². The van der Waals surface area contributed by atoms with Gasteiger partial charge >= 0.3 is 0 Å². The molecule has 1 heterocycles. The first kappa shape index (κ1) is 15.6. The summed E-state index contributed by atoms with van der Waals surface area (Å²) >= 11 is 3.12. The number of nitrogens with one attached hydrogen (secondary N) is 1. The van der Waals surface area contributed by atoms with Crippen molar-refractivity contribution in [1.29, 1.82) is 0 Å². The minimum absolute atomic E-state index is 0.0467. The van der Waals surface area contributed by atoms with E-state index in [2.05, 4.69) is 26.2 Å². The number of sulfonamides is 1. The second-order valence-electron chi connectivity index (χ2n) is 4.31. The predicted molar refractivity (Wildman–Crippen MR) is 82.4 cm³/mol. The number of halogens is 1. The van der Waals surface area contributed by atoms with Crippen molar-refractivity contribution in [1.82, 2.24) is 4.98 Å². The van der Waals surface area contributed by atoms with Gasteiger partial charge in [0.2, 0.25) is 10.0 Å². The summed E-state index contributed by atoms with van der Waals surface area (Å²) in [4.78, 5) is 16.1. The molecule has 0 radical (unpaired) electrons. The maximum absolute atomic E-state index is 12.1. The van der Waals surface area contributed by atoms with E-state index in [1.54, 1.807) is 19.1 Å². The highest BCUT2D eigenvalue weighted by molar-refractivity contribution is 9.10. The van der Waals surface area contributed by atoms with Crippen LogP contribution in [0.25, 0.3) is 0 Å². The number of amides is 1. The molecule has 21 heavy (non-hydrogen) atoms. The molecule has 0 saturated carbocycles. The fraction of sp³-hybridized carbons (Fsp3) is 0.0769. The predicted octanol–water partition coefficient (Wildman–Crippen LogP) is 2.05. The molecule has 0 fully saturated rings. The van der Waals surface area contributed by atoms with Crippen LogP contribution in [0.15, 0.2) is 45.9 Å². The van der Waals surface area contributed by atoms with E-state index in [-0.39, 0.29) is 15.3 Å². The summed E-state index contributed by atoms with van der Waals surface area (Å²) in [6.45, 7) is 1.78. The lowest BCUT2D eigenvalue weighted by Gasteiger charge is -2.08. The number of aryl methyl sites for hydroxylation is 1. The molecule has 1 aromatic carbocycles. The molecule has 0 unspecified atom stereocenters. The molecule has 2 rings (SSSR count). The summed E-state index contributed by atoms with van der Waals surface area (Å²) < 4.78 is 22.9. The van der Waals surface area contributed by atoms with Gasteiger partial charge in [-0.25, -0.2) is 13.6 Å². The maximum Gasteiger partial charge on any atom is 0.274 e. The first-order valence-corrected chi connectivity index (χ1v) is 8.18. The minimum Gasteiger partial charge on any atom is -0.321 e. The topological polar surface area (TPSA) is 102 Å². The lowest BCUT2D eigenvalue weighted by Crippen LogP contribution is -2.16. The Morgan fingerprint density at radius 2 is 2.05 bits per heavy atom. The highest BCUT2D eigenvalue weighted by Crippen LogP contribution is 2.24. The molecule has 2 aromatic rings. The Hall–Kier alpha value is -1.77. The molecule has 0 aliphatic rings. The van der Waals surface area contributed by atoms with Crippen molar-refractivity contribution in [3.63, 3.8) is 0 Å². The van der Waals surface area contributed by atoms with E-state index in [1.165, 1.54) is 24.4 Å². The van der Waals surface area contributed by atoms with Crippen molar-refractivity contribution >= 4 is 37.5 Å². The number of primary sulfonamides is 1. The molecule has 110 valence electrons. The SMILES string of the molecule is Cc1cccnc1C(=O)Nc1ccc(S(N)(=O)=O)c(Br)c1. The molecule has 3 N–H and O–H groups in total. The van der Waals surface area contributed by atoms with Crippen molar-refractivity contribution in [2.75, 3.05) is 5.32 Å². The van der Waals surface area contributed by atoms with Crippen molar-refractivity contribution in [3.8, 4) is 0 Å². The number of hydrogen-bond acceptors (Lipinski definition) is 4. The number of aromatic nitrogens is 1. The molecule has 0 saturated heterocycles. The minimum atomic E-state index is -3.81. The van der Waals surface area contributed by atoms with E-state index in [0.29, 0.717) is 11.4 Å². The van der Waals surface area contributed by atoms with Crippen LogP contribution in [0.5, 0.6) is 0 Å². The molecule has 0 bridgehead atoms. The van der Waals surface area contributed by atoms with Crippen molar-refractivity contribution in [2.45, 2.75) is 11.8 Å². The van der Waals surface area contributed by atoms with Crippen LogP contribution in [0.1, 0.15) is 16.1 Å². The Bertz CT molecular complexity index is 806. The Morgan fingerprint density at radius 1 is 1.33 bits per heavy atom. The normalized spacial score (nSPS) is 11.2. The zero-order valence-corrected chi connectivity index (χ0v) is 13.4. The molecule has 1 amide bonds. The summed E-state index contributed by atoms with van der Waals surface area (Å²) in [5.74, 6) is -0.372. The van der Waals surface area contributed by atoms with E-state index in [4.69, 9.17) is 5.14 Å². The zero-order chi connectivity index (χ0) is 15.6. The Balaban J connectivity index is 2.27. The van der Waals surface area contributed by atoms with Crippen molar-refractivity contribution in [3.05, 3.63) is 52.3 Å². The first-order chi connectivity index (χ1) is 9.79. The third-order valence-corrected chi connectivity index (χ3v) is 4.61. The second kappa shape index (κ2) is 5.92. The van der Waals surface area contributed by atoms with Gasteiger partial charge in [0.15, 0.2) is 0 Å². The number of anilines is 1. The van der Waals surface area contributed by atoms with Gasteiger partial charge in [-0.15, -0.1) is 0 Å². The van der Waals surface area contributed by atoms with Crippen molar-refractivity contribution in [2.24, 2.45) is 5.14 Å². The van der Waals surface area contributed by atoms with Gasteiger partial charge in [-0.1, -0.05) is 6.07 Å². The lowest BCUT2D eigenvalue weighted by atomic mass is 10.2. The third-order valence-electron chi connectivity index (χ3n) is 2.72. The fourth-order valence-corrected chi connectivity index (χ4v) is 3.37. The molecular formula is C13H12BrN3O3S. The van der Waals surface area contributed by atoms with Crippen molar-refractivity contribution < 1.29 is 13.2 Å². The number of benzene rings is 1. The summed E-state index contributed by atoms with van der Waals surface area (Å²) in [7, 11) is -3.81. The number of carbonyl (C=O) groups excluding carboxylic acids is 1. The van der Waals surface area contributed by atoms with Gasteiger partial charge in [0, 0.05) is 16.4 Å². The average Bonchev–Trinajstić information content (AvgIpc) is 2.37. The number of hydrogen-bond donors (Lipinski definition) is 2. The number of rotatable bonds is 3. The standard InChI is InChI=1S/C13H12BrN3O3S/c1-8-3-2-6-16-12(8)13(18)17-9-4-5-11(10(14)7-9)21(15,19)20/h2-7H,1H3,(H,17,18)(H2,15,19,20). The third kappa shape index (κ3) is 3.66. The molecule has 0 atom stereocenters. The Labute approximate surface area is 130 Å². The molecule has 8 heteroatoms. The maximum atomic E-state index is 12.1. The molecule has 1 aromatic heterocycles. The van der Waals surface area contributed by atoms with Crippen LogP contribution in [-0.2, 0) is 10.0 Å². The quantitative estimate of drug-likeness (QED) is 0.863. The van der Waals surface area contributed by atoms with Gasteiger partial charge in [-0.05, 0) is 52.7 Å². The monoisotopic (exact) mass is 369 g/mol. The number of pyridine rings is 1. The van der Waals surface area contributed by atoms with Gasteiger partial charge in [0.25, 0.3) is 5.91 Å². The number of nitrogens with zero attached hydrogens (tertiary/aromatic N) is 1. The van der Waals surface area contributed by atoms with Gasteiger partial charge < -0.3 is 5.32 Å². The fourth-order valence-electron chi connectivity index (χ4n) is 1.72. The van der Waals surface area contributed by atoms with Gasteiger partial charge in [-0.2, -0.15) is 0 Å².